The third-order valence-corrected chi connectivity index (χ3v) is 5.54. The van der Waals surface area contributed by atoms with Crippen LogP contribution in [0.25, 0.3) is 0 Å². The number of aryl methyl sites for hydroxylation is 2. The maximum atomic E-state index is 13.9. The van der Waals surface area contributed by atoms with Gasteiger partial charge in [0.1, 0.15) is 11.6 Å². The summed E-state index contributed by atoms with van der Waals surface area (Å²) in [5.41, 5.74) is 4.54. The van der Waals surface area contributed by atoms with Gasteiger partial charge in [0.2, 0.25) is 5.91 Å². The summed E-state index contributed by atoms with van der Waals surface area (Å²) < 4.78 is 27.0. The predicted molar refractivity (Wildman–Crippen MR) is 117 cm³/mol. The van der Waals surface area contributed by atoms with Crippen LogP contribution in [-0.4, -0.2) is 22.6 Å². The van der Waals surface area contributed by atoms with E-state index >= 15 is 0 Å². The lowest BCUT2D eigenvalue weighted by molar-refractivity contribution is -0.133. The Hall–Kier alpha value is -2.38. The zero-order valence-electron chi connectivity index (χ0n) is 18.7. The lowest BCUT2D eigenvalue weighted by Gasteiger charge is -2.22. The van der Waals surface area contributed by atoms with E-state index < -0.39 is 11.8 Å². The van der Waals surface area contributed by atoms with E-state index in [4.69, 9.17) is 5.21 Å². The number of aromatic nitrogens is 1. The molecule has 31 heavy (non-hydrogen) atoms. The first-order valence-corrected chi connectivity index (χ1v) is 10.8. The van der Waals surface area contributed by atoms with Gasteiger partial charge in [-0.15, -0.1) is 0 Å². The molecule has 0 bridgehead atoms. The Morgan fingerprint density at radius 2 is 1.81 bits per heavy atom. The van der Waals surface area contributed by atoms with Crippen LogP contribution < -0.4 is 10.8 Å². The quantitative estimate of drug-likeness (QED) is 0.270. The largest absolute Gasteiger partial charge is 0.308 e. The van der Waals surface area contributed by atoms with Gasteiger partial charge in [-0.25, -0.2) is 14.3 Å². The summed E-state index contributed by atoms with van der Waals surface area (Å²) in [4.78, 5) is 16.3. The van der Waals surface area contributed by atoms with Crippen LogP contribution in [0.2, 0.25) is 0 Å². The minimum Gasteiger partial charge on any atom is -0.308 e. The number of amides is 1. The van der Waals surface area contributed by atoms with Crippen LogP contribution in [0.4, 0.5) is 8.78 Å². The summed E-state index contributed by atoms with van der Waals surface area (Å²) in [6.45, 7) is 8.30. The summed E-state index contributed by atoms with van der Waals surface area (Å²) in [5, 5.41) is 12.6. The standard InChI is InChI=1S/C24H33F2N3O2/c1-15(2)23(21-9-8-20(25)14-28-21)27-10-6-5-7-19(24(30)29-31)13-18-11-16(3)22(26)17(4)12-18/h8-9,11-12,14-15,19,23,27,31H,5-7,10,13H2,1-4H3,(H,29,30)/t19-,23-/m0/s1. The minimum atomic E-state index is -0.428. The molecule has 0 fully saturated rings. The number of nitrogens with zero attached hydrogens (tertiary/aromatic N) is 1. The normalized spacial score (nSPS) is 13.3. The van der Waals surface area contributed by atoms with Crippen LogP contribution in [0.1, 0.15) is 61.5 Å². The highest BCUT2D eigenvalue weighted by atomic mass is 19.1. The molecule has 0 aliphatic rings. The summed E-state index contributed by atoms with van der Waals surface area (Å²) >= 11 is 0. The van der Waals surface area contributed by atoms with Crippen molar-refractivity contribution in [3.8, 4) is 0 Å². The fraction of sp³-hybridized carbons (Fsp3) is 0.500. The Morgan fingerprint density at radius 3 is 2.35 bits per heavy atom. The van der Waals surface area contributed by atoms with Crippen molar-refractivity contribution in [1.29, 1.82) is 0 Å². The van der Waals surface area contributed by atoms with E-state index in [9.17, 15) is 13.6 Å². The fourth-order valence-corrected chi connectivity index (χ4v) is 3.88. The molecule has 1 aromatic heterocycles. The van der Waals surface area contributed by atoms with Crippen molar-refractivity contribution in [3.05, 3.63) is 64.5 Å². The van der Waals surface area contributed by atoms with Crippen molar-refractivity contribution < 1.29 is 18.8 Å². The molecule has 0 saturated heterocycles. The predicted octanol–water partition coefficient (Wildman–Crippen LogP) is 4.80. The van der Waals surface area contributed by atoms with Crippen LogP contribution in [-0.2, 0) is 11.2 Å². The number of halogens is 2. The van der Waals surface area contributed by atoms with Crippen molar-refractivity contribution >= 4 is 5.91 Å². The first-order valence-electron chi connectivity index (χ1n) is 10.8. The number of carbonyl (C=O) groups is 1. The molecule has 170 valence electrons. The number of rotatable bonds is 11. The molecule has 2 atom stereocenters. The molecule has 2 rings (SSSR count). The molecular weight excluding hydrogens is 400 g/mol. The molecule has 0 aliphatic heterocycles. The molecule has 3 N–H and O–H groups in total. The average molecular weight is 434 g/mol. The lowest BCUT2D eigenvalue weighted by atomic mass is 9.91. The van der Waals surface area contributed by atoms with Gasteiger partial charge in [0.25, 0.3) is 0 Å². The van der Waals surface area contributed by atoms with Crippen molar-refractivity contribution in [2.24, 2.45) is 11.8 Å². The van der Waals surface area contributed by atoms with Crippen molar-refractivity contribution in [2.45, 2.75) is 59.4 Å². The van der Waals surface area contributed by atoms with Crippen LogP contribution in [0.3, 0.4) is 0 Å². The number of pyridine rings is 1. The van der Waals surface area contributed by atoms with E-state index in [2.05, 4.69) is 24.1 Å². The second-order valence-electron chi connectivity index (χ2n) is 8.49. The maximum Gasteiger partial charge on any atom is 0.246 e. The SMILES string of the molecule is Cc1cc(C[C@H](CCCCN[C@H](c2ccc(F)cn2)C(C)C)C(=O)NO)cc(C)c1F. The number of hydroxylamine groups is 1. The number of hydrogen-bond acceptors (Lipinski definition) is 4. The van der Waals surface area contributed by atoms with Gasteiger partial charge in [0.15, 0.2) is 0 Å². The Morgan fingerprint density at radius 1 is 1.13 bits per heavy atom. The van der Waals surface area contributed by atoms with E-state index in [1.807, 2.05) is 0 Å². The van der Waals surface area contributed by atoms with Crippen molar-refractivity contribution in [2.75, 3.05) is 6.54 Å². The maximum absolute atomic E-state index is 13.9. The molecule has 2 aromatic rings. The van der Waals surface area contributed by atoms with E-state index in [1.54, 1.807) is 37.5 Å². The highest BCUT2D eigenvalue weighted by Gasteiger charge is 2.20. The van der Waals surface area contributed by atoms with Gasteiger partial charge < -0.3 is 5.32 Å². The second kappa shape index (κ2) is 11.9. The first kappa shape index (κ1) is 24.9. The molecule has 1 heterocycles. The molecule has 0 aliphatic carbocycles. The summed E-state index contributed by atoms with van der Waals surface area (Å²) in [6, 6.07) is 6.63. The van der Waals surface area contributed by atoms with Crippen molar-refractivity contribution in [3.63, 3.8) is 0 Å². The Bertz CT molecular complexity index is 833. The monoisotopic (exact) mass is 433 g/mol. The number of hydrogen-bond donors (Lipinski definition) is 3. The number of carbonyl (C=O) groups excluding carboxylic acids is 1. The van der Waals surface area contributed by atoms with E-state index in [1.165, 1.54) is 12.3 Å². The first-order chi connectivity index (χ1) is 14.7. The molecule has 5 nitrogen and oxygen atoms in total. The van der Waals surface area contributed by atoms with Crippen LogP contribution in [0.15, 0.2) is 30.5 Å². The second-order valence-corrected chi connectivity index (χ2v) is 8.49. The van der Waals surface area contributed by atoms with Crippen LogP contribution in [0.5, 0.6) is 0 Å². The van der Waals surface area contributed by atoms with E-state index in [-0.39, 0.29) is 23.6 Å². The molecule has 0 spiro atoms. The molecule has 7 heteroatoms. The Labute approximate surface area is 183 Å². The zero-order valence-corrected chi connectivity index (χ0v) is 18.7. The van der Waals surface area contributed by atoms with Gasteiger partial charge in [-0.1, -0.05) is 32.4 Å². The number of nitrogens with one attached hydrogen (secondary N) is 2. The van der Waals surface area contributed by atoms with Crippen LogP contribution >= 0.6 is 0 Å². The fourth-order valence-electron chi connectivity index (χ4n) is 3.88. The number of unbranched alkanes of at least 4 members (excludes halogenated alkanes) is 1. The van der Waals surface area contributed by atoms with Gasteiger partial charge >= 0.3 is 0 Å². The van der Waals surface area contributed by atoms with Crippen LogP contribution in [0, 0.1) is 37.3 Å². The third kappa shape index (κ3) is 7.36. The van der Waals surface area contributed by atoms with Gasteiger partial charge in [0, 0.05) is 5.92 Å². The highest BCUT2D eigenvalue weighted by Crippen LogP contribution is 2.22. The van der Waals surface area contributed by atoms with E-state index in [0.717, 1.165) is 30.6 Å². The minimum absolute atomic E-state index is 0.0160. The Balaban J connectivity index is 1.89. The third-order valence-electron chi connectivity index (χ3n) is 5.54. The zero-order chi connectivity index (χ0) is 23.0. The lowest BCUT2D eigenvalue weighted by Crippen LogP contribution is -2.30. The number of benzene rings is 1. The van der Waals surface area contributed by atoms with Gasteiger partial charge in [0.05, 0.1) is 17.9 Å². The molecule has 0 radical (unpaired) electrons. The smallest absolute Gasteiger partial charge is 0.246 e. The topological polar surface area (TPSA) is 74.2 Å². The molecule has 0 saturated carbocycles. The van der Waals surface area contributed by atoms with Gasteiger partial charge in [-0.05, 0) is 74.4 Å². The highest BCUT2D eigenvalue weighted by molar-refractivity contribution is 5.77. The molecule has 1 aromatic carbocycles. The van der Waals surface area contributed by atoms with Crippen molar-refractivity contribution in [1.82, 2.24) is 15.8 Å². The van der Waals surface area contributed by atoms with Gasteiger partial charge in [-0.3, -0.25) is 15.0 Å². The summed E-state index contributed by atoms with van der Waals surface area (Å²) in [6.07, 6.45) is 3.89. The Kier molecular flexibility index (Phi) is 9.52. The molecular formula is C24H33F2N3O2. The molecule has 0 unspecified atom stereocenters. The van der Waals surface area contributed by atoms with E-state index in [0.29, 0.717) is 24.0 Å². The van der Waals surface area contributed by atoms with Gasteiger partial charge in [-0.2, -0.15) is 0 Å². The summed E-state index contributed by atoms with van der Waals surface area (Å²) in [5.74, 6) is -1.12. The average Bonchev–Trinajstić information content (AvgIpc) is 2.73. The molecule has 1 amide bonds. The summed E-state index contributed by atoms with van der Waals surface area (Å²) in [7, 11) is 0.